The van der Waals surface area contributed by atoms with E-state index in [-0.39, 0.29) is 0 Å². The maximum absolute atomic E-state index is 5.45. The van der Waals surface area contributed by atoms with Crippen molar-refractivity contribution in [3.05, 3.63) is 254 Å². The van der Waals surface area contributed by atoms with Gasteiger partial charge in [0.05, 0.1) is 27.2 Å². The van der Waals surface area contributed by atoms with Crippen molar-refractivity contribution in [2.24, 2.45) is 9.98 Å². The Morgan fingerprint density at radius 1 is 0.323 bits per heavy atom. The van der Waals surface area contributed by atoms with E-state index in [1.54, 1.807) is 0 Å². The Labute approximate surface area is 404 Å². The minimum atomic E-state index is -1.33. The van der Waals surface area contributed by atoms with Crippen molar-refractivity contribution in [2.75, 3.05) is 0 Å². The second kappa shape index (κ2) is 22.0. The van der Waals surface area contributed by atoms with Gasteiger partial charge in [0.2, 0.25) is 0 Å². The summed E-state index contributed by atoms with van der Waals surface area (Å²) in [5.74, 6) is 0. The number of rotatable bonds is 11. The van der Waals surface area contributed by atoms with Crippen molar-refractivity contribution >= 4 is 121 Å². The van der Waals surface area contributed by atoms with Gasteiger partial charge in [-0.3, -0.25) is 9.98 Å². The van der Waals surface area contributed by atoms with Gasteiger partial charge in [-0.2, -0.15) is 0 Å². The van der Waals surface area contributed by atoms with Gasteiger partial charge in [-0.15, -0.1) is 0 Å². The van der Waals surface area contributed by atoms with Crippen molar-refractivity contribution in [1.82, 2.24) is 0 Å². The molecule has 0 aliphatic heterocycles. The first-order valence-corrected chi connectivity index (χ1v) is 29.2. The molecule has 0 heterocycles. The van der Waals surface area contributed by atoms with Gasteiger partial charge in [-0.05, 0) is 106 Å². The predicted molar refractivity (Wildman–Crippen MR) is 292 cm³/mol. The minimum absolute atomic E-state index is 0.901. The summed E-state index contributed by atoms with van der Waals surface area (Å²) < 4.78 is 0. The van der Waals surface area contributed by atoms with Gasteiger partial charge in [0.25, 0.3) is 0 Å². The number of aliphatic imine (C=N–C) groups is 2. The van der Waals surface area contributed by atoms with Crippen molar-refractivity contribution in [2.45, 2.75) is 0 Å². The van der Waals surface area contributed by atoms with E-state index in [2.05, 4.69) is 284 Å². The molecule has 0 aliphatic rings. The molecule has 10 aromatic carbocycles. The van der Waals surface area contributed by atoms with Gasteiger partial charge in [-0.25, -0.2) is 0 Å². The SMILES string of the molecule is C(=Nc1ccc2ccccc2c1-c1c(N=Cc2ccccc2[PH+](c2ccccc2)c2ccccc2)ccc2ccccc12)c1ccccc1[PH+](c1ccccc1)c1ccccc1.[Br][Ni][Br]. The molecule has 10 rings (SSSR count). The Morgan fingerprint density at radius 2 is 0.615 bits per heavy atom. The Kier molecular flexibility index (Phi) is 15.1. The molecule has 10 aromatic rings. The summed E-state index contributed by atoms with van der Waals surface area (Å²) >= 11 is 6.00. The van der Waals surface area contributed by atoms with E-state index in [1.807, 2.05) is 0 Å². The molecule has 0 radical (unpaired) electrons. The van der Waals surface area contributed by atoms with Crippen LogP contribution in [0.4, 0.5) is 11.4 Å². The van der Waals surface area contributed by atoms with Crippen LogP contribution in [-0.2, 0) is 10.9 Å². The quantitative estimate of drug-likeness (QED) is 0.0701. The first kappa shape index (κ1) is 44.6. The van der Waals surface area contributed by atoms with E-state index >= 15 is 0 Å². The Morgan fingerprint density at radius 3 is 0.969 bits per heavy atom. The molecule has 0 saturated heterocycles. The van der Waals surface area contributed by atoms with Crippen LogP contribution in [0.2, 0.25) is 0 Å². The summed E-state index contributed by atoms with van der Waals surface area (Å²) in [5, 5.41) is 12.6. The van der Waals surface area contributed by atoms with E-state index in [9.17, 15) is 0 Å². The zero-order chi connectivity index (χ0) is 44.2. The van der Waals surface area contributed by atoms with Gasteiger partial charge in [0.1, 0.15) is 31.8 Å². The number of hydrogen-bond donors (Lipinski definition) is 0. The Bertz CT molecular complexity index is 2930. The maximum atomic E-state index is 5.45. The van der Waals surface area contributed by atoms with Crippen LogP contribution >= 0.6 is 44.3 Å². The van der Waals surface area contributed by atoms with Crippen LogP contribution in [0.5, 0.6) is 0 Å². The summed E-state index contributed by atoms with van der Waals surface area (Å²) in [5.41, 5.74) is 6.19. The normalized spacial score (nSPS) is 11.5. The van der Waals surface area contributed by atoms with Crippen molar-refractivity contribution < 1.29 is 10.9 Å². The topological polar surface area (TPSA) is 24.7 Å². The molecule has 65 heavy (non-hydrogen) atoms. The van der Waals surface area contributed by atoms with Crippen LogP contribution < -0.4 is 31.8 Å². The fourth-order valence-corrected chi connectivity index (χ4v) is 14.0. The molecule has 0 spiro atoms. The van der Waals surface area contributed by atoms with Gasteiger partial charge < -0.3 is 0 Å². The van der Waals surface area contributed by atoms with E-state index in [4.69, 9.17) is 9.98 Å². The van der Waals surface area contributed by atoms with Crippen molar-refractivity contribution in [1.29, 1.82) is 0 Å². The molecule has 0 atom stereocenters. The van der Waals surface area contributed by atoms with E-state index in [1.165, 1.54) is 42.7 Å². The van der Waals surface area contributed by atoms with Crippen LogP contribution in [0.25, 0.3) is 32.7 Å². The second-order valence-electron chi connectivity index (χ2n) is 15.3. The molecule has 318 valence electrons. The Hall–Kier alpha value is -5.63. The number of fused-ring (bicyclic) bond motifs is 2. The van der Waals surface area contributed by atoms with Crippen molar-refractivity contribution in [3.63, 3.8) is 0 Å². The second-order valence-corrected chi connectivity index (χ2v) is 25.2. The third kappa shape index (κ3) is 10.3. The zero-order valence-corrected chi connectivity index (χ0v) is 41.4. The fraction of sp³-hybridized carbons (Fsp3) is 0. The summed E-state index contributed by atoms with van der Waals surface area (Å²) in [7, 11) is -1.41. The molecular weight excluding hydrogens is 1010 g/mol. The number of nitrogens with zero attached hydrogens (tertiary/aromatic N) is 2. The summed E-state index contributed by atoms with van der Waals surface area (Å²) in [6.07, 6.45) is 4.17. The fourth-order valence-electron chi connectivity index (χ4n) is 8.59. The monoisotopic (exact) mass is 1050 g/mol. The standard InChI is InChI=1S/C58H42N2P2.2BrH.Ni/c1-5-25-47(26-6-1)61(48-27-7-2-8-28-48)55-35-19-15-23-45(55)41-59-53-39-37-43-21-13-17-33-51(43)57(53)58-52-34-18-14-22-44(52)38-40-54(58)60-42-46-24-16-20-36-56(46)62(49-29-9-3-10-30-49)50-31-11-4-12-32-50;;;/h1-42H;2*1H;/q;;;+2. The van der Waals surface area contributed by atoms with E-state index in [0.717, 1.165) is 55.2 Å². The average molecular weight is 1050 g/mol. The Balaban J connectivity index is 0.00000173. The average Bonchev–Trinajstić information content (AvgIpc) is 3.37. The molecule has 2 nitrogen and oxygen atoms in total. The molecule has 0 unspecified atom stereocenters. The number of benzene rings is 10. The van der Waals surface area contributed by atoms with Crippen LogP contribution in [0.1, 0.15) is 11.1 Å². The predicted octanol–water partition coefficient (Wildman–Crippen LogP) is 13.8. The van der Waals surface area contributed by atoms with Gasteiger partial charge >= 0.3 is 39.3 Å². The summed E-state index contributed by atoms with van der Waals surface area (Å²) in [4.78, 5) is 10.9. The molecule has 0 aromatic heterocycles. The van der Waals surface area contributed by atoms with E-state index in [0.29, 0.717) is 0 Å². The summed E-state index contributed by atoms with van der Waals surface area (Å²) in [6, 6.07) is 87.3. The van der Waals surface area contributed by atoms with Crippen LogP contribution in [-0.4, -0.2) is 12.4 Å². The van der Waals surface area contributed by atoms with Crippen LogP contribution in [0, 0.1) is 0 Å². The molecule has 0 aliphatic carbocycles. The van der Waals surface area contributed by atoms with Gasteiger partial charge in [-0.1, -0.05) is 158 Å². The molecule has 7 heteroatoms. The summed E-state index contributed by atoms with van der Waals surface area (Å²) in [6.45, 7) is 0. The first-order valence-electron chi connectivity index (χ1n) is 21.3. The van der Waals surface area contributed by atoms with E-state index < -0.39 is 15.8 Å². The molecular formula is C58H44Br2N2NiP2+2. The third-order valence-corrected chi connectivity index (χ3v) is 17.1. The van der Waals surface area contributed by atoms with Crippen LogP contribution in [0.15, 0.2) is 253 Å². The molecule has 0 bridgehead atoms. The third-order valence-electron chi connectivity index (χ3n) is 11.5. The number of halogens is 2. The number of hydrogen-bond acceptors (Lipinski definition) is 2. The first-order chi connectivity index (χ1) is 32.2. The van der Waals surface area contributed by atoms with Crippen molar-refractivity contribution in [3.8, 4) is 11.1 Å². The zero-order valence-electron chi connectivity index (χ0n) is 35.2. The molecule has 0 amide bonds. The van der Waals surface area contributed by atoms with Gasteiger partial charge in [0.15, 0.2) is 0 Å². The molecule has 0 fully saturated rings. The van der Waals surface area contributed by atoms with Gasteiger partial charge in [0, 0.05) is 34.7 Å². The molecule has 0 saturated carbocycles. The molecule has 0 N–H and O–H groups in total. The van der Waals surface area contributed by atoms with Crippen LogP contribution in [0.3, 0.4) is 0 Å².